The molecule has 186 valence electrons. The SMILES string of the molecule is CCc1cc(C(=O)CCC(=O)c2ccc(OCCO)c(OC)c2)nc(-c2c[nH]c3c(F)cccc23)c1. The smallest absolute Gasteiger partial charge is 0.181 e. The van der Waals surface area contributed by atoms with Crippen LogP contribution in [0.25, 0.3) is 22.2 Å². The van der Waals surface area contributed by atoms with E-state index < -0.39 is 0 Å². The number of para-hydroxylation sites is 1. The van der Waals surface area contributed by atoms with Crippen molar-refractivity contribution in [3.05, 3.63) is 77.4 Å². The number of pyridine rings is 1. The topological polar surface area (TPSA) is 102 Å². The molecule has 8 heteroatoms. The second-order valence-electron chi connectivity index (χ2n) is 8.25. The van der Waals surface area contributed by atoms with Crippen LogP contribution in [-0.2, 0) is 6.42 Å². The third-order valence-electron chi connectivity index (χ3n) is 5.93. The van der Waals surface area contributed by atoms with Gasteiger partial charge in [-0.1, -0.05) is 19.1 Å². The number of ether oxygens (including phenoxy) is 2. The molecule has 0 aliphatic rings. The molecule has 0 aliphatic carbocycles. The van der Waals surface area contributed by atoms with Crippen molar-refractivity contribution < 1.29 is 28.6 Å². The normalized spacial score (nSPS) is 11.0. The minimum absolute atomic E-state index is 0.00446. The van der Waals surface area contributed by atoms with Crippen LogP contribution in [0.3, 0.4) is 0 Å². The van der Waals surface area contributed by atoms with Crippen LogP contribution in [-0.4, -0.2) is 47.0 Å². The Morgan fingerprint density at radius 3 is 2.61 bits per heavy atom. The highest BCUT2D eigenvalue weighted by Crippen LogP contribution is 2.31. The van der Waals surface area contributed by atoms with Crippen LogP contribution < -0.4 is 9.47 Å². The third kappa shape index (κ3) is 5.28. The Hall–Kier alpha value is -4.04. The molecule has 0 aliphatic heterocycles. The summed E-state index contributed by atoms with van der Waals surface area (Å²) in [7, 11) is 1.46. The van der Waals surface area contributed by atoms with E-state index >= 15 is 0 Å². The number of halogens is 1. The Balaban J connectivity index is 1.53. The summed E-state index contributed by atoms with van der Waals surface area (Å²) in [5, 5.41) is 9.62. The van der Waals surface area contributed by atoms with Crippen molar-refractivity contribution in [2.45, 2.75) is 26.2 Å². The van der Waals surface area contributed by atoms with Crippen LogP contribution in [0.4, 0.5) is 4.39 Å². The zero-order chi connectivity index (χ0) is 25.7. The van der Waals surface area contributed by atoms with Gasteiger partial charge in [0.15, 0.2) is 23.1 Å². The zero-order valence-electron chi connectivity index (χ0n) is 20.1. The molecule has 2 aromatic carbocycles. The first-order chi connectivity index (χ1) is 17.4. The first kappa shape index (κ1) is 25.1. The molecule has 0 radical (unpaired) electrons. The number of nitrogens with one attached hydrogen (secondary N) is 1. The van der Waals surface area contributed by atoms with Gasteiger partial charge in [0.25, 0.3) is 0 Å². The highest BCUT2D eigenvalue weighted by atomic mass is 19.1. The highest BCUT2D eigenvalue weighted by molar-refractivity contribution is 6.02. The number of ketones is 2. The fraction of sp³-hybridized carbons (Fsp3) is 0.250. The first-order valence-corrected chi connectivity index (χ1v) is 11.7. The van der Waals surface area contributed by atoms with Crippen molar-refractivity contribution in [2.75, 3.05) is 20.3 Å². The van der Waals surface area contributed by atoms with E-state index in [2.05, 4.69) is 9.97 Å². The molecule has 7 nitrogen and oxygen atoms in total. The molecular weight excluding hydrogens is 463 g/mol. The number of aryl methyl sites for hydroxylation is 1. The molecule has 4 aromatic rings. The van der Waals surface area contributed by atoms with E-state index in [-0.39, 0.29) is 49.1 Å². The Bertz CT molecular complexity index is 1410. The Morgan fingerprint density at radius 2 is 1.86 bits per heavy atom. The molecule has 4 rings (SSSR count). The van der Waals surface area contributed by atoms with E-state index in [1.807, 2.05) is 13.0 Å². The van der Waals surface area contributed by atoms with Gasteiger partial charge in [-0.05, 0) is 48.4 Å². The van der Waals surface area contributed by atoms with Crippen molar-refractivity contribution in [3.8, 4) is 22.8 Å². The number of hydrogen-bond acceptors (Lipinski definition) is 6. The number of methoxy groups -OCH3 is 1. The molecule has 0 amide bonds. The maximum Gasteiger partial charge on any atom is 0.181 e. The largest absolute Gasteiger partial charge is 0.493 e. The van der Waals surface area contributed by atoms with Crippen LogP contribution in [0.15, 0.2) is 54.7 Å². The quantitative estimate of drug-likeness (QED) is 0.282. The number of aliphatic hydroxyl groups is 1. The monoisotopic (exact) mass is 490 g/mol. The van der Waals surface area contributed by atoms with Crippen LogP contribution >= 0.6 is 0 Å². The summed E-state index contributed by atoms with van der Waals surface area (Å²) < 4.78 is 24.8. The molecule has 0 bridgehead atoms. The Morgan fingerprint density at radius 1 is 1.06 bits per heavy atom. The van der Waals surface area contributed by atoms with E-state index in [1.165, 1.54) is 13.2 Å². The number of aliphatic hydroxyl groups excluding tert-OH is 1. The fourth-order valence-corrected chi connectivity index (χ4v) is 4.02. The van der Waals surface area contributed by atoms with Gasteiger partial charge in [0.1, 0.15) is 18.1 Å². The van der Waals surface area contributed by atoms with Crippen molar-refractivity contribution in [3.63, 3.8) is 0 Å². The fourth-order valence-electron chi connectivity index (χ4n) is 4.02. The van der Waals surface area contributed by atoms with Gasteiger partial charge in [-0.25, -0.2) is 9.37 Å². The van der Waals surface area contributed by atoms with Crippen LogP contribution in [0.2, 0.25) is 0 Å². The van der Waals surface area contributed by atoms with E-state index in [4.69, 9.17) is 14.6 Å². The zero-order valence-corrected chi connectivity index (χ0v) is 20.1. The van der Waals surface area contributed by atoms with Gasteiger partial charge in [0, 0.05) is 35.6 Å². The van der Waals surface area contributed by atoms with Crippen LogP contribution in [0, 0.1) is 5.82 Å². The summed E-state index contributed by atoms with van der Waals surface area (Å²) in [5.74, 6) is -0.0258. The van der Waals surface area contributed by atoms with E-state index in [0.717, 1.165) is 5.56 Å². The number of hydrogen-bond donors (Lipinski definition) is 2. The van der Waals surface area contributed by atoms with Gasteiger partial charge in [-0.15, -0.1) is 0 Å². The molecule has 0 atom stereocenters. The molecule has 2 heterocycles. The van der Waals surface area contributed by atoms with Gasteiger partial charge in [0.05, 0.1) is 24.9 Å². The Kier molecular flexibility index (Phi) is 7.75. The summed E-state index contributed by atoms with van der Waals surface area (Å²) >= 11 is 0. The number of carbonyl (C=O) groups excluding carboxylic acids is 2. The van der Waals surface area contributed by atoms with Gasteiger partial charge in [-0.3, -0.25) is 9.59 Å². The number of nitrogens with zero attached hydrogens (tertiary/aromatic N) is 1. The lowest BCUT2D eigenvalue weighted by atomic mass is 10.0. The summed E-state index contributed by atoms with van der Waals surface area (Å²) in [4.78, 5) is 33.3. The van der Waals surface area contributed by atoms with Crippen LogP contribution in [0.5, 0.6) is 11.5 Å². The maximum absolute atomic E-state index is 14.1. The molecule has 0 fully saturated rings. The second kappa shape index (κ2) is 11.1. The minimum Gasteiger partial charge on any atom is -0.493 e. The van der Waals surface area contributed by atoms with Crippen molar-refractivity contribution in [2.24, 2.45) is 0 Å². The molecule has 2 aromatic heterocycles. The molecular formula is C28H27FN2O5. The van der Waals surface area contributed by atoms with Gasteiger partial charge < -0.3 is 19.6 Å². The standard InChI is InChI=1S/C28H27FN2O5/c1-3-17-13-22(20-16-30-28-19(20)5-4-6-21(28)29)31-23(14-17)25(34)9-8-24(33)18-7-10-26(36-12-11-32)27(15-18)35-2/h4-7,10,13-16,30,32H,3,8-9,11-12H2,1-2H3. The number of carbonyl (C=O) groups is 2. The molecule has 0 spiro atoms. The summed E-state index contributed by atoms with van der Waals surface area (Å²) in [5.41, 5.74) is 3.26. The number of H-pyrrole nitrogens is 1. The average Bonchev–Trinajstić information content (AvgIpc) is 3.35. The van der Waals surface area contributed by atoms with E-state index in [9.17, 15) is 14.0 Å². The summed E-state index contributed by atoms with van der Waals surface area (Å²) in [6.45, 7) is 1.95. The van der Waals surface area contributed by atoms with Crippen molar-refractivity contribution >= 4 is 22.5 Å². The number of Topliss-reactive ketones (excluding diaryl/α,β-unsaturated/α-hetero) is 2. The number of aromatic nitrogens is 2. The Labute approximate surface area is 207 Å². The molecule has 2 N–H and O–H groups in total. The molecule has 0 unspecified atom stereocenters. The maximum atomic E-state index is 14.1. The van der Waals surface area contributed by atoms with Gasteiger partial charge in [-0.2, -0.15) is 0 Å². The van der Waals surface area contributed by atoms with Gasteiger partial charge >= 0.3 is 0 Å². The molecule has 0 saturated heterocycles. The lowest BCUT2D eigenvalue weighted by molar-refractivity contribution is 0.0915. The lowest BCUT2D eigenvalue weighted by Gasteiger charge is -2.11. The second-order valence-corrected chi connectivity index (χ2v) is 8.25. The number of fused-ring (bicyclic) bond motifs is 1. The summed E-state index contributed by atoms with van der Waals surface area (Å²) in [6.07, 6.45) is 2.38. The first-order valence-electron chi connectivity index (χ1n) is 11.7. The van der Waals surface area contributed by atoms with Crippen molar-refractivity contribution in [1.82, 2.24) is 9.97 Å². The third-order valence-corrected chi connectivity index (χ3v) is 5.93. The number of aromatic amines is 1. The summed E-state index contributed by atoms with van der Waals surface area (Å²) in [6, 6.07) is 13.2. The average molecular weight is 491 g/mol. The predicted octanol–water partition coefficient (Wildman–Crippen LogP) is 5.16. The van der Waals surface area contributed by atoms with Gasteiger partial charge in [0.2, 0.25) is 0 Å². The minimum atomic E-state index is -0.357. The van der Waals surface area contributed by atoms with Crippen LogP contribution in [0.1, 0.15) is 46.2 Å². The van der Waals surface area contributed by atoms with Crippen molar-refractivity contribution in [1.29, 1.82) is 0 Å². The van der Waals surface area contributed by atoms with E-state index in [0.29, 0.717) is 45.6 Å². The molecule has 36 heavy (non-hydrogen) atoms. The van der Waals surface area contributed by atoms with E-state index in [1.54, 1.807) is 42.6 Å². The number of benzene rings is 2. The predicted molar refractivity (Wildman–Crippen MR) is 134 cm³/mol. The lowest BCUT2D eigenvalue weighted by Crippen LogP contribution is -2.09. The molecule has 0 saturated carbocycles. The number of rotatable bonds is 11. The highest BCUT2D eigenvalue weighted by Gasteiger charge is 2.17.